The zero-order chi connectivity index (χ0) is 12.4. The van der Waals surface area contributed by atoms with E-state index in [1.165, 1.54) is 25.7 Å². The summed E-state index contributed by atoms with van der Waals surface area (Å²) in [5.41, 5.74) is 1.37. The van der Waals surface area contributed by atoms with Crippen LogP contribution in [0.1, 0.15) is 46.5 Å². The third-order valence-electron chi connectivity index (χ3n) is 5.38. The molecule has 1 aliphatic heterocycles. The van der Waals surface area contributed by atoms with Gasteiger partial charge in [0, 0.05) is 12.4 Å². The molecule has 0 spiro atoms. The molecule has 0 aromatic carbocycles. The predicted octanol–water partition coefficient (Wildman–Crippen LogP) is 4.40. The van der Waals surface area contributed by atoms with Gasteiger partial charge < -0.3 is 5.32 Å². The Morgan fingerprint density at radius 1 is 0.882 bits per heavy atom. The molecule has 0 aromatic heterocycles. The van der Waals surface area contributed by atoms with E-state index in [4.69, 9.17) is 0 Å². The molecule has 0 saturated heterocycles. The van der Waals surface area contributed by atoms with Crippen molar-refractivity contribution in [1.29, 1.82) is 0 Å². The van der Waals surface area contributed by atoms with Crippen molar-refractivity contribution >= 4 is 0 Å². The molecule has 1 N–H and O–H groups in total. The van der Waals surface area contributed by atoms with Gasteiger partial charge in [0.25, 0.3) is 0 Å². The maximum absolute atomic E-state index is 2.92. The van der Waals surface area contributed by atoms with Crippen LogP contribution in [0.3, 0.4) is 0 Å². The average molecular weight is 231 g/mol. The first-order chi connectivity index (χ1) is 8.06. The number of rotatable bonds is 0. The van der Waals surface area contributed by atoms with Gasteiger partial charge in [0.05, 0.1) is 0 Å². The minimum atomic E-state index is 0.660. The van der Waals surface area contributed by atoms with Gasteiger partial charge in [0.2, 0.25) is 0 Å². The number of fused-ring (bicyclic) bond motifs is 2. The van der Waals surface area contributed by atoms with E-state index >= 15 is 0 Å². The van der Waals surface area contributed by atoms with E-state index in [0.717, 1.165) is 5.92 Å². The Hall–Kier alpha value is -0.980. The monoisotopic (exact) mass is 231 g/mol. The fourth-order valence-electron chi connectivity index (χ4n) is 3.52. The third kappa shape index (κ3) is 2.34. The maximum Gasteiger partial charge on any atom is 0.000442 e. The number of hydrogen-bond donors (Lipinski definition) is 1. The zero-order valence-corrected chi connectivity index (χ0v) is 11.4. The van der Waals surface area contributed by atoms with Gasteiger partial charge in [-0.1, -0.05) is 32.9 Å². The van der Waals surface area contributed by atoms with Crippen LogP contribution in [0, 0.1) is 16.7 Å². The van der Waals surface area contributed by atoms with Gasteiger partial charge in [-0.15, -0.1) is 0 Å². The molecule has 0 atom stereocenters. The minimum absolute atomic E-state index is 0.660. The molecule has 94 valence electrons. The molecule has 1 heterocycles. The van der Waals surface area contributed by atoms with Crippen LogP contribution in [0.5, 0.6) is 0 Å². The number of nitrogens with one attached hydrogen (secondary N) is 1. The van der Waals surface area contributed by atoms with Crippen molar-refractivity contribution in [1.82, 2.24) is 5.32 Å². The highest BCUT2D eigenvalue weighted by Gasteiger charge is 2.55. The summed E-state index contributed by atoms with van der Waals surface area (Å²) in [7, 11) is 0. The van der Waals surface area contributed by atoms with Gasteiger partial charge in [-0.25, -0.2) is 0 Å². The van der Waals surface area contributed by atoms with E-state index in [1.807, 2.05) is 36.7 Å². The lowest BCUT2D eigenvalue weighted by atomic mass is 9.71. The molecule has 0 radical (unpaired) electrons. The average Bonchev–Trinajstić information content (AvgIpc) is 2.62. The normalized spacial score (nSPS) is 36.1. The van der Waals surface area contributed by atoms with Crippen LogP contribution in [-0.2, 0) is 0 Å². The second-order valence-electron chi connectivity index (χ2n) is 6.33. The molecule has 17 heavy (non-hydrogen) atoms. The van der Waals surface area contributed by atoms with Gasteiger partial charge >= 0.3 is 0 Å². The summed E-state index contributed by atoms with van der Waals surface area (Å²) >= 11 is 0. The van der Waals surface area contributed by atoms with Crippen LogP contribution in [0.25, 0.3) is 0 Å². The number of allylic oxidation sites excluding steroid dienone is 4. The second kappa shape index (κ2) is 4.72. The van der Waals surface area contributed by atoms with E-state index in [1.54, 1.807) is 0 Å². The third-order valence-corrected chi connectivity index (χ3v) is 5.38. The molecule has 3 rings (SSSR count). The summed E-state index contributed by atoms with van der Waals surface area (Å²) < 4.78 is 0. The molecule has 1 heteroatoms. The molecule has 3 aliphatic rings. The Kier molecular flexibility index (Phi) is 3.46. The summed E-state index contributed by atoms with van der Waals surface area (Å²) in [5.74, 6) is 1.05. The van der Waals surface area contributed by atoms with E-state index < -0.39 is 0 Å². The molecule has 2 bridgehead atoms. The standard InChI is InChI=1S/C10H18.C6H7N/c1-9(2)8-4-6-10(9,3)7-5-8;1-2-4-6-7-5-3-1/h8H,4-7H2,1-3H3;1-7H. The molecular weight excluding hydrogens is 206 g/mol. The predicted molar refractivity (Wildman–Crippen MR) is 74.4 cm³/mol. The summed E-state index contributed by atoms with van der Waals surface area (Å²) in [5, 5.41) is 2.92. The highest BCUT2D eigenvalue weighted by molar-refractivity contribution is 5.14. The first-order valence-corrected chi connectivity index (χ1v) is 6.81. The lowest BCUT2D eigenvalue weighted by Gasteiger charge is -2.34. The van der Waals surface area contributed by atoms with Crippen molar-refractivity contribution in [3.8, 4) is 0 Å². The highest BCUT2D eigenvalue weighted by atomic mass is 14.8. The van der Waals surface area contributed by atoms with E-state index in [0.29, 0.717) is 10.8 Å². The van der Waals surface area contributed by atoms with Crippen molar-refractivity contribution in [2.75, 3.05) is 0 Å². The van der Waals surface area contributed by atoms with Crippen LogP contribution < -0.4 is 5.32 Å². The smallest absolute Gasteiger partial charge is 0.000442 e. The summed E-state index contributed by atoms with van der Waals surface area (Å²) in [6.07, 6.45) is 17.6. The Labute approximate surface area is 106 Å². The SMILES string of the molecule is C1=CC=CNC=C1.CC12CCC(CC1)C2(C)C. The molecule has 0 aromatic rings. The van der Waals surface area contributed by atoms with Crippen molar-refractivity contribution in [3.05, 3.63) is 36.7 Å². The van der Waals surface area contributed by atoms with E-state index in [-0.39, 0.29) is 0 Å². The van der Waals surface area contributed by atoms with Crippen LogP contribution >= 0.6 is 0 Å². The molecule has 2 fully saturated rings. The topological polar surface area (TPSA) is 12.0 Å². The van der Waals surface area contributed by atoms with Crippen LogP contribution in [0.2, 0.25) is 0 Å². The van der Waals surface area contributed by atoms with Gasteiger partial charge in [-0.05, 0) is 54.6 Å². The van der Waals surface area contributed by atoms with Gasteiger partial charge in [-0.3, -0.25) is 0 Å². The molecule has 0 amide bonds. The van der Waals surface area contributed by atoms with Gasteiger partial charge in [0.1, 0.15) is 0 Å². The maximum atomic E-state index is 2.92. The Balaban J connectivity index is 0.000000136. The molecular formula is C16H25N. The summed E-state index contributed by atoms with van der Waals surface area (Å²) in [6, 6.07) is 0. The lowest BCUT2D eigenvalue weighted by molar-refractivity contribution is 0.152. The van der Waals surface area contributed by atoms with Crippen molar-refractivity contribution in [2.45, 2.75) is 46.5 Å². The molecule has 1 nitrogen and oxygen atoms in total. The second-order valence-corrected chi connectivity index (χ2v) is 6.33. The van der Waals surface area contributed by atoms with Crippen LogP contribution in [0.4, 0.5) is 0 Å². The fraction of sp³-hybridized carbons (Fsp3) is 0.625. The van der Waals surface area contributed by atoms with E-state index in [2.05, 4.69) is 26.1 Å². The Morgan fingerprint density at radius 3 is 1.71 bits per heavy atom. The van der Waals surface area contributed by atoms with Crippen LogP contribution in [0.15, 0.2) is 36.7 Å². The molecule has 2 aliphatic carbocycles. The zero-order valence-electron chi connectivity index (χ0n) is 11.4. The largest absolute Gasteiger partial charge is 0.368 e. The molecule has 0 unspecified atom stereocenters. The Bertz CT molecular complexity index is 322. The van der Waals surface area contributed by atoms with E-state index in [9.17, 15) is 0 Å². The molecule has 2 saturated carbocycles. The van der Waals surface area contributed by atoms with Gasteiger partial charge in [-0.2, -0.15) is 0 Å². The fourth-order valence-corrected chi connectivity index (χ4v) is 3.52. The van der Waals surface area contributed by atoms with Crippen molar-refractivity contribution in [2.24, 2.45) is 16.7 Å². The minimum Gasteiger partial charge on any atom is -0.368 e. The Morgan fingerprint density at radius 2 is 1.41 bits per heavy atom. The summed E-state index contributed by atoms with van der Waals surface area (Å²) in [4.78, 5) is 0. The lowest BCUT2D eigenvalue weighted by Crippen LogP contribution is -2.26. The van der Waals surface area contributed by atoms with Crippen molar-refractivity contribution < 1.29 is 0 Å². The van der Waals surface area contributed by atoms with Crippen molar-refractivity contribution in [3.63, 3.8) is 0 Å². The van der Waals surface area contributed by atoms with Crippen LogP contribution in [-0.4, -0.2) is 0 Å². The summed E-state index contributed by atoms with van der Waals surface area (Å²) in [6.45, 7) is 7.43. The first-order valence-electron chi connectivity index (χ1n) is 6.81. The highest BCUT2D eigenvalue weighted by Crippen LogP contribution is 2.65. The number of hydrogen-bond acceptors (Lipinski definition) is 1. The quantitative estimate of drug-likeness (QED) is 0.651. The first kappa shape index (κ1) is 12.5. The van der Waals surface area contributed by atoms with Gasteiger partial charge in [0.15, 0.2) is 0 Å².